The largest absolute Gasteiger partial charge is 0.383 e. The SMILES string of the molecule is Cc1c[nH]c2ncnc(N3CCC(N)(CNc4ccc(C#N)c(Cl)c4)C3)c12. The Morgan fingerprint density at radius 1 is 1.44 bits per heavy atom. The van der Waals surface area contributed by atoms with Gasteiger partial charge >= 0.3 is 0 Å². The summed E-state index contributed by atoms with van der Waals surface area (Å²) in [7, 11) is 0. The number of aromatic nitrogens is 3. The van der Waals surface area contributed by atoms with Gasteiger partial charge in [-0.25, -0.2) is 9.97 Å². The molecule has 1 aliphatic rings. The van der Waals surface area contributed by atoms with Crippen molar-refractivity contribution in [3.63, 3.8) is 0 Å². The third kappa shape index (κ3) is 3.29. The number of hydrogen-bond donors (Lipinski definition) is 3. The zero-order valence-corrected chi connectivity index (χ0v) is 15.7. The van der Waals surface area contributed by atoms with Crippen LogP contribution in [0.2, 0.25) is 5.02 Å². The number of nitrogens with one attached hydrogen (secondary N) is 2. The Balaban J connectivity index is 1.49. The zero-order chi connectivity index (χ0) is 19.0. The average molecular weight is 382 g/mol. The number of fused-ring (bicyclic) bond motifs is 1. The first-order valence-corrected chi connectivity index (χ1v) is 9.13. The lowest BCUT2D eigenvalue weighted by molar-refractivity contribution is 0.499. The molecule has 1 unspecified atom stereocenters. The van der Waals surface area contributed by atoms with Gasteiger partial charge in [0.25, 0.3) is 0 Å². The van der Waals surface area contributed by atoms with E-state index in [-0.39, 0.29) is 5.54 Å². The fourth-order valence-electron chi connectivity index (χ4n) is 3.55. The molecule has 8 heteroatoms. The van der Waals surface area contributed by atoms with Gasteiger partial charge in [-0.1, -0.05) is 11.6 Å². The fraction of sp³-hybridized carbons (Fsp3) is 0.316. The summed E-state index contributed by atoms with van der Waals surface area (Å²) in [5, 5.41) is 13.8. The zero-order valence-electron chi connectivity index (χ0n) is 15.0. The minimum absolute atomic E-state index is 0.387. The molecule has 4 rings (SSSR count). The molecule has 1 fully saturated rings. The molecule has 7 nitrogen and oxygen atoms in total. The monoisotopic (exact) mass is 381 g/mol. The van der Waals surface area contributed by atoms with E-state index in [1.807, 2.05) is 19.2 Å². The molecule has 0 aliphatic carbocycles. The van der Waals surface area contributed by atoms with Gasteiger partial charge in [0.05, 0.1) is 21.5 Å². The number of aryl methyl sites for hydroxylation is 1. The summed E-state index contributed by atoms with van der Waals surface area (Å²) < 4.78 is 0. The summed E-state index contributed by atoms with van der Waals surface area (Å²) in [6.45, 7) is 4.18. The maximum Gasteiger partial charge on any atom is 0.143 e. The highest BCUT2D eigenvalue weighted by Gasteiger charge is 2.35. The van der Waals surface area contributed by atoms with E-state index in [1.54, 1.807) is 18.5 Å². The molecule has 3 heterocycles. The Morgan fingerprint density at radius 3 is 3.07 bits per heavy atom. The van der Waals surface area contributed by atoms with Gasteiger partial charge in [0.1, 0.15) is 23.9 Å². The topological polar surface area (TPSA) is 107 Å². The minimum Gasteiger partial charge on any atom is -0.383 e. The quantitative estimate of drug-likeness (QED) is 0.641. The van der Waals surface area contributed by atoms with Gasteiger partial charge in [0.2, 0.25) is 0 Å². The van der Waals surface area contributed by atoms with Gasteiger partial charge in [-0.3, -0.25) is 0 Å². The van der Waals surface area contributed by atoms with Crippen molar-refractivity contribution in [1.82, 2.24) is 15.0 Å². The second-order valence-electron chi connectivity index (χ2n) is 7.09. The van der Waals surface area contributed by atoms with E-state index in [0.29, 0.717) is 23.7 Å². The van der Waals surface area contributed by atoms with Crippen molar-refractivity contribution in [1.29, 1.82) is 5.26 Å². The van der Waals surface area contributed by atoms with Crippen LogP contribution in [0, 0.1) is 18.3 Å². The fourth-order valence-corrected chi connectivity index (χ4v) is 3.77. The molecule has 1 atom stereocenters. The van der Waals surface area contributed by atoms with Gasteiger partial charge in [0.15, 0.2) is 0 Å². The van der Waals surface area contributed by atoms with Crippen molar-refractivity contribution in [2.45, 2.75) is 18.9 Å². The Kier molecular flexibility index (Phi) is 4.38. The van der Waals surface area contributed by atoms with E-state index in [9.17, 15) is 0 Å². The molecule has 0 radical (unpaired) electrons. The van der Waals surface area contributed by atoms with E-state index >= 15 is 0 Å². The Morgan fingerprint density at radius 2 is 2.30 bits per heavy atom. The lowest BCUT2D eigenvalue weighted by atomic mass is 10.00. The maximum atomic E-state index is 8.98. The number of nitriles is 1. The van der Waals surface area contributed by atoms with Crippen LogP contribution in [-0.4, -0.2) is 40.1 Å². The van der Waals surface area contributed by atoms with Crippen molar-refractivity contribution in [2.75, 3.05) is 29.9 Å². The Bertz CT molecular complexity index is 1040. The highest BCUT2D eigenvalue weighted by molar-refractivity contribution is 6.32. The summed E-state index contributed by atoms with van der Waals surface area (Å²) in [4.78, 5) is 14.2. The number of H-pyrrole nitrogens is 1. The van der Waals surface area contributed by atoms with Crippen LogP contribution in [0.4, 0.5) is 11.5 Å². The number of nitrogens with zero attached hydrogens (tertiary/aromatic N) is 4. The number of halogens is 1. The standard InChI is InChI=1S/C19H20ClN7/c1-12-8-23-17-16(12)18(26-11-25-17)27-5-4-19(22,10-27)9-24-14-3-2-13(7-21)15(20)6-14/h2-3,6,8,11,24H,4-5,9-10,22H2,1H3,(H,23,25,26). The van der Waals surface area contributed by atoms with Crippen molar-refractivity contribution in [3.8, 4) is 6.07 Å². The number of hydrogen-bond acceptors (Lipinski definition) is 6. The number of rotatable bonds is 4. The molecule has 1 saturated heterocycles. The van der Waals surface area contributed by atoms with Gasteiger partial charge in [-0.15, -0.1) is 0 Å². The van der Waals surface area contributed by atoms with Crippen LogP contribution in [0.1, 0.15) is 17.5 Å². The highest BCUT2D eigenvalue weighted by atomic mass is 35.5. The third-order valence-electron chi connectivity index (χ3n) is 5.07. The highest BCUT2D eigenvalue weighted by Crippen LogP contribution is 2.31. The average Bonchev–Trinajstić information content (AvgIpc) is 3.24. The van der Waals surface area contributed by atoms with E-state index < -0.39 is 0 Å². The van der Waals surface area contributed by atoms with E-state index in [0.717, 1.165) is 41.1 Å². The molecule has 27 heavy (non-hydrogen) atoms. The van der Waals surface area contributed by atoms with Gasteiger partial charge in [0, 0.05) is 31.5 Å². The summed E-state index contributed by atoms with van der Waals surface area (Å²) in [6, 6.07) is 7.37. The number of anilines is 2. The first-order valence-electron chi connectivity index (χ1n) is 8.75. The Labute approximate surface area is 162 Å². The first kappa shape index (κ1) is 17.6. The van der Waals surface area contributed by atoms with Crippen LogP contribution in [-0.2, 0) is 0 Å². The maximum absolute atomic E-state index is 8.98. The van der Waals surface area contributed by atoms with Crippen LogP contribution < -0.4 is 16.0 Å². The molecule has 0 saturated carbocycles. The van der Waals surface area contributed by atoms with Gasteiger partial charge < -0.3 is 20.9 Å². The van der Waals surface area contributed by atoms with Crippen LogP contribution in [0.5, 0.6) is 0 Å². The van der Waals surface area contributed by atoms with Crippen LogP contribution >= 0.6 is 11.6 Å². The second kappa shape index (κ2) is 6.72. The minimum atomic E-state index is -0.387. The molecule has 0 bridgehead atoms. The van der Waals surface area contributed by atoms with Gasteiger partial charge in [-0.2, -0.15) is 5.26 Å². The molecular formula is C19H20ClN7. The molecule has 3 aromatic rings. The molecule has 4 N–H and O–H groups in total. The molecule has 0 spiro atoms. The molecule has 1 aromatic carbocycles. The van der Waals surface area contributed by atoms with E-state index in [4.69, 9.17) is 22.6 Å². The van der Waals surface area contributed by atoms with Crippen LogP contribution in [0.15, 0.2) is 30.7 Å². The third-order valence-corrected chi connectivity index (χ3v) is 5.38. The summed E-state index contributed by atoms with van der Waals surface area (Å²) in [5.41, 5.74) is 9.55. The molecule has 2 aromatic heterocycles. The molecule has 138 valence electrons. The number of nitrogens with two attached hydrogens (primary N) is 1. The Hall–Kier alpha value is -2.82. The van der Waals surface area contributed by atoms with Crippen molar-refractivity contribution >= 4 is 34.1 Å². The number of benzene rings is 1. The molecular weight excluding hydrogens is 362 g/mol. The van der Waals surface area contributed by atoms with Crippen LogP contribution in [0.25, 0.3) is 11.0 Å². The predicted molar refractivity (Wildman–Crippen MR) is 107 cm³/mol. The molecule has 0 amide bonds. The summed E-state index contributed by atoms with van der Waals surface area (Å²) >= 11 is 6.10. The summed E-state index contributed by atoms with van der Waals surface area (Å²) in [6.07, 6.45) is 4.38. The predicted octanol–water partition coefficient (Wildman–Crippen LogP) is 2.81. The van der Waals surface area contributed by atoms with Crippen molar-refractivity contribution in [3.05, 3.63) is 46.9 Å². The smallest absolute Gasteiger partial charge is 0.143 e. The summed E-state index contributed by atoms with van der Waals surface area (Å²) in [5.74, 6) is 0.924. The van der Waals surface area contributed by atoms with Crippen molar-refractivity contribution < 1.29 is 0 Å². The molecule has 1 aliphatic heterocycles. The first-order chi connectivity index (χ1) is 13.0. The van der Waals surface area contributed by atoms with Crippen molar-refractivity contribution in [2.24, 2.45) is 5.73 Å². The number of aromatic amines is 1. The second-order valence-corrected chi connectivity index (χ2v) is 7.49. The lowest BCUT2D eigenvalue weighted by Crippen LogP contribution is -2.48. The van der Waals surface area contributed by atoms with E-state index in [2.05, 4.69) is 31.2 Å². The van der Waals surface area contributed by atoms with Crippen LogP contribution in [0.3, 0.4) is 0 Å². The normalized spacial score (nSPS) is 19.4. The van der Waals surface area contributed by atoms with Gasteiger partial charge in [-0.05, 0) is 37.1 Å². The lowest BCUT2D eigenvalue weighted by Gasteiger charge is -2.26. The van der Waals surface area contributed by atoms with E-state index in [1.165, 1.54) is 0 Å².